The summed E-state index contributed by atoms with van der Waals surface area (Å²) >= 11 is 0. The van der Waals surface area contributed by atoms with Gasteiger partial charge < -0.3 is 10.1 Å². The SMILES string of the molecule is C#CCCCC(NCCC)C(CCC)OC. The summed E-state index contributed by atoms with van der Waals surface area (Å²) < 4.78 is 5.57. The van der Waals surface area contributed by atoms with Gasteiger partial charge in [0.2, 0.25) is 0 Å². The van der Waals surface area contributed by atoms with Crippen LogP contribution in [-0.2, 0) is 4.74 Å². The molecule has 0 radical (unpaired) electrons. The van der Waals surface area contributed by atoms with Crippen molar-refractivity contribution in [3.8, 4) is 12.3 Å². The Morgan fingerprint density at radius 1 is 1.25 bits per heavy atom. The quantitative estimate of drug-likeness (QED) is 0.456. The second-order valence-electron chi connectivity index (χ2n) is 4.22. The minimum absolute atomic E-state index is 0.328. The molecule has 0 aliphatic heterocycles. The van der Waals surface area contributed by atoms with Crippen LogP contribution in [0.1, 0.15) is 52.4 Å². The number of nitrogens with one attached hydrogen (secondary N) is 1. The van der Waals surface area contributed by atoms with E-state index in [9.17, 15) is 0 Å². The molecule has 16 heavy (non-hydrogen) atoms. The van der Waals surface area contributed by atoms with Gasteiger partial charge >= 0.3 is 0 Å². The molecule has 0 heterocycles. The highest BCUT2D eigenvalue weighted by Crippen LogP contribution is 2.12. The molecule has 0 rings (SSSR count). The highest BCUT2D eigenvalue weighted by Gasteiger charge is 2.18. The van der Waals surface area contributed by atoms with Gasteiger partial charge in [-0.15, -0.1) is 12.3 Å². The van der Waals surface area contributed by atoms with E-state index >= 15 is 0 Å². The van der Waals surface area contributed by atoms with E-state index in [0.29, 0.717) is 12.1 Å². The molecule has 1 N–H and O–H groups in total. The van der Waals surface area contributed by atoms with Crippen molar-refractivity contribution in [2.45, 2.75) is 64.5 Å². The monoisotopic (exact) mass is 225 g/mol. The van der Waals surface area contributed by atoms with Gasteiger partial charge in [0, 0.05) is 19.6 Å². The van der Waals surface area contributed by atoms with Crippen LogP contribution in [-0.4, -0.2) is 25.8 Å². The Morgan fingerprint density at radius 3 is 2.50 bits per heavy atom. The molecule has 0 bridgehead atoms. The third kappa shape index (κ3) is 6.87. The average Bonchev–Trinajstić information content (AvgIpc) is 2.31. The summed E-state index contributed by atoms with van der Waals surface area (Å²) in [5.41, 5.74) is 0. The fraction of sp³-hybridized carbons (Fsp3) is 0.857. The number of rotatable bonds is 10. The highest BCUT2D eigenvalue weighted by atomic mass is 16.5. The second-order valence-corrected chi connectivity index (χ2v) is 4.22. The van der Waals surface area contributed by atoms with E-state index in [4.69, 9.17) is 11.2 Å². The lowest BCUT2D eigenvalue weighted by Gasteiger charge is -2.26. The molecule has 0 aromatic carbocycles. The van der Waals surface area contributed by atoms with Gasteiger partial charge in [-0.2, -0.15) is 0 Å². The lowest BCUT2D eigenvalue weighted by Crippen LogP contribution is -2.41. The van der Waals surface area contributed by atoms with Crippen molar-refractivity contribution in [2.75, 3.05) is 13.7 Å². The summed E-state index contributed by atoms with van der Waals surface area (Å²) in [7, 11) is 1.81. The van der Waals surface area contributed by atoms with Gasteiger partial charge in [0.05, 0.1) is 6.10 Å². The van der Waals surface area contributed by atoms with Crippen molar-refractivity contribution in [1.82, 2.24) is 5.32 Å². The van der Waals surface area contributed by atoms with E-state index in [1.165, 1.54) is 0 Å². The largest absolute Gasteiger partial charge is 0.380 e. The van der Waals surface area contributed by atoms with E-state index in [-0.39, 0.29) is 0 Å². The molecule has 0 aliphatic rings. The van der Waals surface area contributed by atoms with Gasteiger partial charge in [0.1, 0.15) is 0 Å². The van der Waals surface area contributed by atoms with Crippen molar-refractivity contribution >= 4 is 0 Å². The van der Waals surface area contributed by atoms with Gasteiger partial charge in [-0.25, -0.2) is 0 Å². The molecule has 0 aromatic heterocycles. The van der Waals surface area contributed by atoms with Crippen LogP contribution < -0.4 is 5.32 Å². The van der Waals surface area contributed by atoms with E-state index < -0.39 is 0 Å². The van der Waals surface area contributed by atoms with Crippen molar-refractivity contribution in [1.29, 1.82) is 0 Å². The molecule has 2 nitrogen and oxygen atoms in total. The first kappa shape index (κ1) is 15.5. The molecule has 2 heteroatoms. The first-order chi connectivity index (χ1) is 7.79. The van der Waals surface area contributed by atoms with Gasteiger partial charge in [-0.1, -0.05) is 20.3 Å². The normalized spacial score (nSPS) is 14.4. The maximum absolute atomic E-state index is 5.57. The third-order valence-electron chi connectivity index (χ3n) is 2.82. The Kier molecular flexibility index (Phi) is 10.6. The smallest absolute Gasteiger partial charge is 0.0724 e. The number of unbranched alkanes of at least 4 members (excludes halogenated alkanes) is 1. The van der Waals surface area contributed by atoms with Crippen LogP contribution in [0.4, 0.5) is 0 Å². The predicted molar refractivity (Wildman–Crippen MR) is 70.5 cm³/mol. The summed E-state index contributed by atoms with van der Waals surface area (Å²) in [6.45, 7) is 5.45. The average molecular weight is 225 g/mol. The Hall–Kier alpha value is -0.520. The Morgan fingerprint density at radius 2 is 2.00 bits per heavy atom. The third-order valence-corrected chi connectivity index (χ3v) is 2.82. The van der Waals surface area contributed by atoms with Crippen molar-refractivity contribution < 1.29 is 4.74 Å². The minimum Gasteiger partial charge on any atom is -0.380 e. The Bertz CT molecular complexity index is 186. The summed E-state index contributed by atoms with van der Waals surface area (Å²) in [4.78, 5) is 0. The first-order valence-corrected chi connectivity index (χ1v) is 6.49. The number of ether oxygens (including phenoxy) is 1. The highest BCUT2D eigenvalue weighted by molar-refractivity contribution is 4.85. The van der Waals surface area contributed by atoms with E-state index in [0.717, 1.165) is 45.1 Å². The molecular weight excluding hydrogens is 198 g/mol. The van der Waals surface area contributed by atoms with Crippen LogP contribution >= 0.6 is 0 Å². The van der Waals surface area contributed by atoms with Crippen molar-refractivity contribution in [3.63, 3.8) is 0 Å². The number of methoxy groups -OCH3 is 1. The summed E-state index contributed by atoms with van der Waals surface area (Å²) in [5.74, 6) is 2.70. The predicted octanol–water partition coefficient (Wildman–Crippen LogP) is 2.97. The topological polar surface area (TPSA) is 21.3 Å². The maximum atomic E-state index is 5.57. The molecular formula is C14H27NO. The van der Waals surface area contributed by atoms with Gasteiger partial charge in [0.15, 0.2) is 0 Å². The van der Waals surface area contributed by atoms with E-state index in [1.807, 2.05) is 7.11 Å². The standard InChI is InChI=1S/C14H27NO/c1-5-8-9-11-13(15-12-7-3)14(16-4)10-6-2/h1,13-15H,6-12H2,2-4H3. The summed E-state index contributed by atoms with van der Waals surface area (Å²) in [5, 5.41) is 3.57. The molecule has 0 aliphatic carbocycles. The fourth-order valence-corrected chi connectivity index (χ4v) is 1.94. The van der Waals surface area contributed by atoms with Crippen molar-refractivity contribution in [3.05, 3.63) is 0 Å². The molecule has 0 amide bonds. The summed E-state index contributed by atoms with van der Waals surface area (Å²) in [6.07, 6.45) is 12.1. The fourth-order valence-electron chi connectivity index (χ4n) is 1.94. The number of hydrogen-bond acceptors (Lipinski definition) is 2. The molecule has 0 aromatic rings. The molecule has 2 unspecified atom stereocenters. The lowest BCUT2D eigenvalue weighted by molar-refractivity contribution is 0.0576. The van der Waals surface area contributed by atoms with Crippen LogP contribution in [0.5, 0.6) is 0 Å². The van der Waals surface area contributed by atoms with E-state index in [1.54, 1.807) is 0 Å². The Balaban J connectivity index is 4.09. The molecule has 2 atom stereocenters. The first-order valence-electron chi connectivity index (χ1n) is 6.49. The zero-order chi connectivity index (χ0) is 12.2. The zero-order valence-corrected chi connectivity index (χ0v) is 11.1. The minimum atomic E-state index is 0.328. The van der Waals surface area contributed by atoms with Crippen LogP contribution in [0.3, 0.4) is 0 Å². The van der Waals surface area contributed by atoms with E-state index in [2.05, 4.69) is 25.1 Å². The number of hydrogen-bond donors (Lipinski definition) is 1. The Labute approximate surface area is 101 Å². The summed E-state index contributed by atoms with van der Waals surface area (Å²) in [6, 6.07) is 0.457. The number of terminal acetylenes is 1. The van der Waals surface area contributed by atoms with Crippen LogP contribution in [0.25, 0.3) is 0 Å². The molecule has 0 saturated heterocycles. The maximum Gasteiger partial charge on any atom is 0.0724 e. The second kappa shape index (κ2) is 11.0. The van der Waals surface area contributed by atoms with Gasteiger partial charge in [0.25, 0.3) is 0 Å². The molecule has 0 saturated carbocycles. The van der Waals surface area contributed by atoms with Crippen LogP contribution in [0, 0.1) is 12.3 Å². The molecule has 0 fully saturated rings. The zero-order valence-electron chi connectivity index (χ0n) is 11.1. The van der Waals surface area contributed by atoms with Gasteiger partial charge in [-0.05, 0) is 32.2 Å². The van der Waals surface area contributed by atoms with Gasteiger partial charge in [-0.3, -0.25) is 0 Å². The van der Waals surface area contributed by atoms with Crippen LogP contribution in [0.2, 0.25) is 0 Å². The molecule has 94 valence electrons. The lowest BCUT2D eigenvalue weighted by atomic mass is 10.00. The molecule has 0 spiro atoms. The van der Waals surface area contributed by atoms with Crippen LogP contribution in [0.15, 0.2) is 0 Å². The van der Waals surface area contributed by atoms with Crippen molar-refractivity contribution in [2.24, 2.45) is 0 Å².